The van der Waals surface area contributed by atoms with Gasteiger partial charge in [0.1, 0.15) is 0 Å². The topological polar surface area (TPSA) is 55.4 Å². The fourth-order valence-electron chi connectivity index (χ4n) is 1.92. The predicted octanol–water partition coefficient (Wildman–Crippen LogP) is 2.83. The van der Waals surface area contributed by atoms with Crippen LogP contribution in [0.2, 0.25) is 0 Å². The van der Waals surface area contributed by atoms with Crippen LogP contribution in [0.25, 0.3) is 0 Å². The minimum absolute atomic E-state index is 0.00943. The number of ether oxygens (including phenoxy) is 1. The summed E-state index contributed by atoms with van der Waals surface area (Å²) in [6.45, 7) is 0. The van der Waals surface area contributed by atoms with Crippen molar-refractivity contribution >= 4 is 28.2 Å². The summed E-state index contributed by atoms with van der Waals surface area (Å²) >= 11 is 1.33. The van der Waals surface area contributed by atoms with Crippen molar-refractivity contribution in [3.05, 3.63) is 29.2 Å². The molecule has 4 nitrogen and oxygen atoms in total. The number of carbonyl (C=O) groups is 2. The summed E-state index contributed by atoms with van der Waals surface area (Å²) < 4.78 is 4.61. The third-order valence-corrected chi connectivity index (χ3v) is 3.69. The largest absolute Gasteiger partial charge is 0.465 e. The van der Waals surface area contributed by atoms with E-state index in [1.54, 1.807) is 11.4 Å². The Morgan fingerprint density at radius 2 is 2.39 bits per heavy atom. The van der Waals surface area contributed by atoms with Crippen molar-refractivity contribution < 1.29 is 14.3 Å². The third kappa shape index (κ3) is 3.20. The van der Waals surface area contributed by atoms with Crippen LogP contribution in [-0.2, 0) is 9.53 Å². The van der Waals surface area contributed by atoms with Gasteiger partial charge in [-0.2, -0.15) is 0 Å². The molecule has 0 bridgehead atoms. The van der Waals surface area contributed by atoms with Gasteiger partial charge in [0.15, 0.2) is 0 Å². The van der Waals surface area contributed by atoms with Crippen molar-refractivity contribution in [2.45, 2.75) is 19.3 Å². The van der Waals surface area contributed by atoms with Gasteiger partial charge in [-0.15, -0.1) is 11.3 Å². The molecule has 1 aliphatic carbocycles. The maximum atomic E-state index is 11.8. The molecule has 0 spiro atoms. The number of hydrogen-bond donors (Lipinski definition) is 1. The van der Waals surface area contributed by atoms with Crippen LogP contribution in [0.1, 0.15) is 29.6 Å². The Balaban J connectivity index is 1.88. The number of thiophene rings is 1. The zero-order valence-corrected chi connectivity index (χ0v) is 11.0. The van der Waals surface area contributed by atoms with Crippen LogP contribution in [-0.4, -0.2) is 19.0 Å². The lowest BCUT2D eigenvalue weighted by atomic mass is 10.1. The van der Waals surface area contributed by atoms with Gasteiger partial charge < -0.3 is 10.1 Å². The minimum Gasteiger partial charge on any atom is -0.465 e. The van der Waals surface area contributed by atoms with Crippen molar-refractivity contribution in [1.29, 1.82) is 0 Å². The molecule has 0 aliphatic heterocycles. The highest BCUT2D eigenvalue weighted by Crippen LogP contribution is 2.24. The van der Waals surface area contributed by atoms with E-state index in [1.807, 2.05) is 0 Å². The van der Waals surface area contributed by atoms with Crippen molar-refractivity contribution in [1.82, 2.24) is 0 Å². The summed E-state index contributed by atoms with van der Waals surface area (Å²) in [7, 11) is 1.34. The van der Waals surface area contributed by atoms with Crippen molar-refractivity contribution in [3.63, 3.8) is 0 Å². The Kier molecular flexibility index (Phi) is 4.15. The lowest BCUT2D eigenvalue weighted by molar-refractivity contribution is -0.116. The highest BCUT2D eigenvalue weighted by molar-refractivity contribution is 7.14. The number of methoxy groups -OCH3 is 1. The maximum Gasteiger partial charge on any atom is 0.338 e. The minimum atomic E-state index is -0.384. The van der Waals surface area contributed by atoms with E-state index in [-0.39, 0.29) is 11.9 Å². The first-order chi connectivity index (χ1) is 8.69. The molecule has 1 N–H and O–H groups in total. The highest BCUT2D eigenvalue weighted by Gasteiger charge is 2.15. The molecule has 5 heteroatoms. The Bertz CT molecular complexity index is 478. The number of rotatable bonds is 4. The van der Waals surface area contributed by atoms with Gasteiger partial charge in [0, 0.05) is 11.8 Å². The average Bonchev–Trinajstić information content (AvgIpc) is 2.99. The summed E-state index contributed by atoms with van der Waals surface area (Å²) in [5.41, 5.74) is 0.471. The van der Waals surface area contributed by atoms with Gasteiger partial charge in [0.05, 0.1) is 17.7 Å². The molecule has 0 saturated carbocycles. The van der Waals surface area contributed by atoms with Crippen LogP contribution < -0.4 is 5.32 Å². The van der Waals surface area contributed by atoms with Gasteiger partial charge in [-0.3, -0.25) is 4.79 Å². The molecule has 0 fully saturated rings. The van der Waals surface area contributed by atoms with E-state index in [0.29, 0.717) is 22.9 Å². The first-order valence-corrected chi connectivity index (χ1v) is 6.70. The Labute approximate surface area is 110 Å². The smallest absolute Gasteiger partial charge is 0.338 e. The molecule has 1 unspecified atom stereocenters. The quantitative estimate of drug-likeness (QED) is 0.672. The van der Waals surface area contributed by atoms with Crippen LogP contribution >= 0.6 is 11.3 Å². The predicted molar refractivity (Wildman–Crippen MR) is 70.8 cm³/mol. The Hall–Kier alpha value is -1.62. The summed E-state index contributed by atoms with van der Waals surface area (Å²) in [5.74, 6) is -0.0414. The molecule has 1 atom stereocenters. The Morgan fingerprint density at radius 1 is 1.56 bits per heavy atom. The van der Waals surface area contributed by atoms with E-state index in [9.17, 15) is 9.59 Å². The molecule has 1 aliphatic rings. The lowest BCUT2D eigenvalue weighted by Gasteiger charge is -2.06. The van der Waals surface area contributed by atoms with Crippen LogP contribution in [0.4, 0.5) is 5.00 Å². The summed E-state index contributed by atoms with van der Waals surface area (Å²) in [6, 6.07) is 1.64. The van der Waals surface area contributed by atoms with Crippen molar-refractivity contribution in [2.75, 3.05) is 12.4 Å². The van der Waals surface area contributed by atoms with Gasteiger partial charge in [-0.05, 0) is 24.8 Å². The molecular weight excluding hydrogens is 250 g/mol. The molecule has 1 aromatic heterocycles. The van der Waals surface area contributed by atoms with Gasteiger partial charge in [-0.1, -0.05) is 12.2 Å². The fourth-order valence-corrected chi connectivity index (χ4v) is 2.70. The first-order valence-electron chi connectivity index (χ1n) is 5.82. The Morgan fingerprint density at radius 3 is 3.06 bits per heavy atom. The number of esters is 1. The second-order valence-corrected chi connectivity index (χ2v) is 5.12. The van der Waals surface area contributed by atoms with E-state index < -0.39 is 0 Å². The van der Waals surface area contributed by atoms with E-state index in [1.165, 1.54) is 18.4 Å². The maximum absolute atomic E-state index is 11.8. The van der Waals surface area contributed by atoms with Crippen molar-refractivity contribution in [2.24, 2.45) is 5.92 Å². The molecule has 1 heterocycles. The zero-order valence-electron chi connectivity index (χ0n) is 10.1. The number of hydrogen-bond acceptors (Lipinski definition) is 4. The van der Waals surface area contributed by atoms with Gasteiger partial charge in [-0.25, -0.2) is 4.79 Å². The van der Waals surface area contributed by atoms with E-state index in [0.717, 1.165) is 12.8 Å². The standard InChI is InChI=1S/C13H15NO3S/c1-17-13(16)10-7-12(18-8-10)14-11(15)6-9-4-2-3-5-9/h2,4,7-9H,3,5-6H2,1H3,(H,14,15). The molecule has 0 radical (unpaired) electrons. The highest BCUT2D eigenvalue weighted by atomic mass is 32.1. The van der Waals surface area contributed by atoms with Gasteiger partial charge >= 0.3 is 5.97 Å². The molecule has 1 amide bonds. The number of anilines is 1. The third-order valence-electron chi connectivity index (χ3n) is 2.84. The number of nitrogens with one attached hydrogen (secondary N) is 1. The zero-order chi connectivity index (χ0) is 13.0. The number of allylic oxidation sites excluding steroid dienone is 2. The van der Waals surface area contributed by atoms with E-state index in [2.05, 4.69) is 22.2 Å². The van der Waals surface area contributed by atoms with Gasteiger partial charge in [0.25, 0.3) is 0 Å². The molecule has 18 heavy (non-hydrogen) atoms. The summed E-state index contributed by atoms with van der Waals surface area (Å²) in [6.07, 6.45) is 6.81. The second kappa shape index (κ2) is 5.82. The number of amides is 1. The average molecular weight is 265 g/mol. The SMILES string of the molecule is COC(=O)c1csc(NC(=O)CC2C=CCC2)c1. The second-order valence-electron chi connectivity index (χ2n) is 4.21. The lowest BCUT2D eigenvalue weighted by Crippen LogP contribution is -2.14. The van der Waals surface area contributed by atoms with E-state index in [4.69, 9.17) is 0 Å². The summed E-state index contributed by atoms with van der Waals surface area (Å²) in [4.78, 5) is 23.0. The summed E-state index contributed by atoms with van der Waals surface area (Å²) in [5, 5.41) is 5.17. The van der Waals surface area contributed by atoms with Crippen LogP contribution in [0, 0.1) is 5.92 Å². The van der Waals surface area contributed by atoms with Gasteiger partial charge in [0.2, 0.25) is 5.91 Å². The van der Waals surface area contributed by atoms with E-state index >= 15 is 0 Å². The normalized spacial score (nSPS) is 17.7. The van der Waals surface area contributed by atoms with Crippen molar-refractivity contribution in [3.8, 4) is 0 Å². The molecule has 0 saturated heterocycles. The monoisotopic (exact) mass is 265 g/mol. The van der Waals surface area contributed by atoms with Crippen LogP contribution in [0.3, 0.4) is 0 Å². The molecular formula is C13H15NO3S. The molecule has 0 aromatic carbocycles. The van der Waals surface area contributed by atoms with Crippen LogP contribution in [0.5, 0.6) is 0 Å². The first kappa shape index (κ1) is 12.8. The molecule has 2 rings (SSSR count). The van der Waals surface area contributed by atoms with Crippen LogP contribution in [0.15, 0.2) is 23.6 Å². The molecule has 1 aromatic rings. The number of carbonyl (C=O) groups excluding carboxylic acids is 2. The molecule has 96 valence electrons. The fraction of sp³-hybridized carbons (Fsp3) is 0.385.